The number of anilines is 1. The first kappa shape index (κ1) is 13.5. The highest BCUT2D eigenvalue weighted by atomic mass is 19.1. The fourth-order valence-corrected chi connectivity index (χ4v) is 2.06. The normalized spacial score (nSPS) is 10.5. The van der Waals surface area contributed by atoms with Crippen molar-refractivity contribution in [3.05, 3.63) is 41.3 Å². The largest absolute Gasteiger partial charge is 0.370 e. The molecule has 0 saturated carbocycles. The lowest BCUT2D eigenvalue weighted by molar-refractivity contribution is 0.628. The molecule has 0 atom stereocenters. The van der Waals surface area contributed by atoms with Crippen molar-refractivity contribution in [2.75, 3.05) is 11.9 Å². The third kappa shape index (κ3) is 2.89. The van der Waals surface area contributed by atoms with Gasteiger partial charge in [-0.25, -0.2) is 14.4 Å². The maximum Gasteiger partial charge on any atom is 0.161 e. The van der Waals surface area contributed by atoms with E-state index in [0.717, 1.165) is 35.6 Å². The van der Waals surface area contributed by atoms with Gasteiger partial charge in [0, 0.05) is 23.4 Å². The molecule has 1 aromatic heterocycles. The van der Waals surface area contributed by atoms with E-state index in [1.165, 1.54) is 12.1 Å². The van der Waals surface area contributed by atoms with Gasteiger partial charge in [0.1, 0.15) is 11.6 Å². The SMILES string of the molecule is CCNc1nc(-c2ccc(F)cc2)nc(C)c1CC. The minimum atomic E-state index is -0.252. The van der Waals surface area contributed by atoms with Crippen LogP contribution in [0.1, 0.15) is 25.1 Å². The van der Waals surface area contributed by atoms with Crippen molar-refractivity contribution in [3.8, 4) is 11.4 Å². The van der Waals surface area contributed by atoms with Crippen LogP contribution in [0.5, 0.6) is 0 Å². The lowest BCUT2D eigenvalue weighted by atomic mass is 10.1. The zero-order chi connectivity index (χ0) is 13.8. The van der Waals surface area contributed by atoms with Gasteiger partial charge in [-0.05, 0) is 44.5 Å². The van der Waals surface area contributed by atoms with E-state index in [1.807, 2.05) is 13.8 Å². The first-order valence-electron chi connectivity index (χ1n) is 6.53. The summed E-state index contributed by atoms with van der Waals surface area (Å²) in [7, 11) is 0. The quantitative estimate of drug-likeness (QED) is 0.911. The van der Waals surface area contributed by atoms with Crippen molar-refractivity contribution in [2.45, 2.75) is 27.2 Å². The van der Waals surface area contributed by atoms with Gasteiger partial charge < -0.3 is 5.32 Å². The van der Waals surface area contributed by atoms with Crippen molar-refractivity contribution in [3.63, 3.8) is 0 Å². The lowest BCUT2D eigenvalue weighted by Gasteiger charge is -2.12. The number of nitrogens with one attached hydrogen (secondary N) is 1. The number of benzene rings is 1. The highest BCUT2D eigenvalue weighted by Crippen LogP contribution is 2.22. The second-order valence-electron chi connectivity index (χ2n) is 4.35. The Kier molecular flexibility index (Phi) is 4.10. The molecule has 1 heterocycles. The van der Waals surface area contributed by atoms with Gasteiger partial charge in [-0.1, -0.05) is 6.92 Å². The molecule has 0 spiro atoms. The number of rotatable bonds is 4. The summed E-state index contributed by atoms with van der Waals surface area (Å²) >= 11 is 0. The van der Waals surface area contributed by atoms with Crippen molar-refractivity contribution >= 4 is 5.82 Å². The molecule has 2 rings (SSSR count). The summed E-state index contributed by atoms with van der Waals surface area (Å²) < 4.78 is 12.9. The van der Waals surface area contributed by atoms with E-state index in [0.29, 0.717) is 5.82 Å². The average molecular weight is 259 g/mol. The third-order valence-electron chi connectivity index (χ3n) is 3.01. The van der Waals surface area contributed by atoms with Crippen LogP contribution < -0.4 is 5.32 Å². The molecule has 4 heteroatoms. The molecule has 19 heavy (non-hydrogen) atoms. The van der Waals surface area contributed by atoms with Crippen molar-refractivity contribution in [2.24, 2.45) is 0 Å². The topological polar surface area (TPSA) is 37.8 Å². The fourth-order valence-electron chi connectivity index (χ4n) is 2.06. The van der Waals surface area contributed by atoms with Crippen LogP contribution in [0.15, 0.2) is 24.3 Å². The van der Waals surface area contributed by atoms with Gasteiger partial charge >= 0.3 is 0 Å². The molecule has 0 aliphatic rings. The molecular weight excluding hydrogens is 241 g/mol. The summed E-state index contributed by atoms with van der Waals surface area (Å²) in [4.78, 5) is 9.06. The zero-order valence-corrected chi connectivity index (χ0v) is 11.5. The summed E-state index contributed by atoms with van der Waals surface area (Å²) in [5.74, 6) is 1.25. The Balaban J connectivity index is 2.49. The van der Waals surface area contributed by atoms with E-state index in [2.05, 4.69) is 22.2 Å². The van der Waals surface area contributed by atoms with E-state index in [-0.39, 0.29) is 5.82 Å². The molecule has 3 nitrogen and oxygen atoms in total. The van der Waals surface area contributed by atoms with Gasteiger partial charge in [-0.15, -0.1) is 0 Å². The van der Waals surface area contributed by atoms with Crippen LogP contribution in [0.3, 0.4) is 0 Å². The molecule has 0 unspecified atom stereocenters. The van der Waals surface area contributed by atoms with Crippen LogP contribution in [0.4, 0.5) is 10.2 Å². The predicted octanol–water partition coefficient (Wildman–Crippen LogP) is 3.59. The van der Waals surface area contributed by atoms with Gasteiger partial charge in [-0.2, -0.15) is 0 Å². The minimum absolute atomic E-state index is 0.252. The Labute approximate surface area is 112 Å². The number of hydrogen-bond acceptors (Lipinski definition) is 3. The van der Waals surface area contributed by atoms with Gasteiger partial charge in [0.15, 0.2) is 5.82 Å². The van der Waals surface area contributed by atoms with Gasteiger partial charge in [0.25, 0.3) is 0 Å². The molecule has 0 amide bonds. The Hall–Kier alpha value is -1.97. The summed E-state index contributed by atoms with van der Waals surface area (Å²) in [5, 5.41) is 3.26. The summed E-state index contributed by atoms with van der Waals surface area (Å²) in [5.41, 5.74) is 2.92. The highest BCUT2D eigenvalue weighted by Gasteiger charge is 2.11. The van der Waals surface area contributed by atoms with Gasteiger partial charge in [-0.3, -0.25) is 0 Å². The van der Waals surface area contributed by atoms with Crippen LogP contribution in [-0.2, 0) is 6.42 Å². The van der Waals surface area contributed by atoms with Gasteiger partial charge in [0.05, 0.1) is 0 Å². The molecule has 100 valence electrons. The van der Waals surface area contributed by atoms with E-state index in [4.69, 9.17) is 0 Å². The zero-order valence-electron chi connectivity index (χ0n) is 11.5. The summed E-state index contributed by atoms with van der Waals surface area (Å²) in [6.07, 6.45) is 0.887. The number of aryl methyl sites for hydroxylation is 1. The molecule has 0 radical (unpaired) electrons. The number of hydrogen-bond donors (Lipinski definition) is 1. The molecular formula is C15H18FN3. The van der Waals surface area contributed by atoms with E-state index >= 15 is 0 Å². The number of halogens is 1. The monoisotopic (exact) mass is 259 g/mol. The third-order valence-corrected chi connectivity index (χ3v) is 3.01. The molecule has 1 aromatic carbocycles. The molecule has 1 N–H and O–H groups in total. The maximum absolute atomic E-state index is 12.9. The highest BCUT2D eigenvalue weighted by molar-refractivity contribution is 5.59. The molecule has 0 bridgehead atoms. The number of aromatic nitrogens is 2. The Morgan fingerprint density at radius 1 is 1.11 bits per heavy atom. The van der Waals surface area contributed by atoms with Crippen LogP contribution >= 0.6 is 0 Å². The maximum atomic E-state index is 12.9. The molecule has 0 aliphatic carbocycles. The Morgan fingerprint density at radius 2 is 1.79 bits per heavy atom. The smallest absolute Gasteiger partial charge is 0.161 e. The van der Waals surface area contributed by atoms with Crippen molar-refractivity contribution < 1.29 is 4.39 Å². The standard InChI is InChI=1S/C15H18FN3/c1-4-13-10(3)18-14(19-15(13)17-5-2)11-6-8-12(16)9-7-11/h6-9H,4-5H2,1-3H3,(H,17,18,19). The fraction of sp³-hybridized carbons (Fsp3) is 0.333. The average Bonchev–Trinajstić information content (AvgIpc) is 2.39. The van der Waals surface area contributed by atoms with Crippen molar-refractivity contribution in [1.82, 2.24) is 9.97 Å². The minimum Gasteiger partial charge on any atom is -0.370 e. The van der Waals surface area contributed by atoms with Crippen LogP contribution in [0, 0.1) is 12.7 Å². The summed E-state index contributed by atoms with van der Waals surface area (Å²) in [6, 6.07) is 6.25. The van der Waals surface area contributed by atoms with E-state index in [1.54, 1.807) is 12.1 Å². The molecule has 0 saturated heterocycles. The van der Waals surface area contributed by atoms with Crippen molar-refractivity contribution in [1.29, 1.82) is 0 Å². The van der Waals surface area contributed by atoms with E-state index in [9.17, 15) is 4.39 Å². The summed E-state index contributed by atoms with van der Waals surface area (Å²) in [6.45, 7) is 6.92. The van der Waals surface area contributed by atoms with Crippen LogP contribution in [0.25, 0.3) is 11.4 Å². The predicted molar refractivity (Wildman–Crippen MR) is 75.7 cm³/mol. The Morgan fingerprint density at radius 3 is 2.37 bits per heavy atom. The molecule has 2 aromatic rings. The van der Waals surface area contributed by atoms with Gasteiger partial charge in [0.2, 0.25) is 0 Å². The Bertz CT molecular complexity index is 564. The first-order chi connectivity index (χ1) is 9.15. The van der Waals surface area contributed by atoms with E-state index < -0.39 is 0 Å². The van der Waals surface area contributed by atoms with Crippen LogP contribution in [0.2, 0.25) is 0 Å². The second-order valence-corrected chi connectivity index (χ2v) is 4.35. The second kappa shape index (κ2) is 5.78. The molecule has 0 aliphatic heterocycles. The number of nitrogens with zero attached hydrogens (tertiary/aromatic N) is 2. The molecule has 0 fully saturated rings. The van der Waals surface area contributed by atoms with Crippen LogP contribution in [-0.4, -0.2) is 16.5 Å². The first-order valence-corrected chi connectivity index (χ1v) is 6.53. The lowest BCUT2D eigenvalue weighted by Crippen LogP contribution is -2.07.